The van der Waals surface area contributed by atoms with Crippen LogP contribution in [-0.2, 0) is 13.0 Å². The molecule has 0 fully saturated rings. The largest absolute Gasteiger partial charge is 0.356 e. The summed E-state index contributed by atoms with van der Waals surface area (Å²) in [6.07, 6.45) is 3.76. The number of halogens is 1. The van der Waals surface area contributed by atoms with Crippen LogP contribution in [0, 0.1) is 0 Å². The molecule has 0 saturated carbocycles. The minimum atomic E-state index is 0. The average Bonchev–Trinajstić information content (AvgIpc) is 3.08. The van der Waals surface area contributed by atoms with Gasteiger partial charge in [-0.3, -0.25) is 4.99 Å². The van der Waals surface area contributed by atoms with E-state index in [2.05, 4.69) is 57.4 Å². The van der Waals surface area contributed by atoms with Gasteiger partial charge in [-0.15, -0.1) is 35.3 Å². The van der Waals surface area contributed by atoms with Gasteiger partial charge in [0.1, 0.15) is 0 Å². The van der Waals surface area contributed by atoms with E-state index < -0.39 is 0 Å². The third-order valence-electron chi connectivity index (χ3n) is 4.24. The van der Waals surface area contributed by atoms with Crippen molar-refractivity contribution in [2.24, 2.45) is 4.99 Å². The maximum absolute atomic E-state index is 4.33. The molecule has 0 aliphatic heterocycles. The Morgan fingerprint density at radius 1 is 1.22 bits per heavy atom. The summed E-state index contributed by atoms with van der Waals surface area (Å²) in [5, 5.41) is 8.97. The molecule has 3 rings (SSSR count). The number of hydrogen-bond acceptors (Lipinski definition) is 2. The van der Waals surface area contributed by atoms with Gasteiger partial charge in [-0.2, -0.15) is 0 Å². The molecule has 1 aromatic heterocycles. The lowest BCUT2D eigenvalue weighted by molar-refractivity contribution is 0.540. The molecule has 1 unspecified atom stereocenters. The highest BCUT2D eigenvalue weighted by molar-refractivity contribution is 14.0. The van der Waals surface area contributed by atoms with Crippen LogP contribution in [0.4, 0.5) is 0 Å². The van der Waals surface area contributed by atoms with Crippen molar-refractivity contribution >= 4 is 41.3 Å². The number of nitrogens with zero attached hydrogens (tertiary/aromatic N) is 1. The van der Waals surface area contributed by atoms with Crippen LogP contribution in [-0.4, -0.2) is 19.6 Å². The quantitative estimate of drug-likeness (QED) is 0.425. The molecule has 1 atom stereocenters. The van der Waals surface area contributed by atoms with E-state index in [-0.39, 0.29) is 24.0 Å². The molecular formula is C18H24IN3S. The Bertz CT molecular complexity index is 625. The first-order chi connectivity index (χ1) is 10.9. The Kier molecular flexibility index (Phi) is 7.36. The molecule has 0 spiro atoms. The van der Waals surface area contributed by atoms with Crippen molar-refractivity contribution in [3.8, 4) is 0 Å². The van der Waals surface area contributed by atoms with Crippen molar-refractivity contribution in [2.45, 2.75) is 31.7 Å². The second-order valence-corrected chi connectivity index (χ2v) is 6.71. The number of nitrogens with one attached hydrogen (secondary N) is 2. The summed E-state index contributed by atoms with van der Waals surface area (Å²) in [6, 6.07) is 13.1. The number of fused-ring (bicyclic) bond motifs is 1. The van der Waals surface area contributed by atoms with Gasteiger partial charge in [0, 0.05) is 24.4 Å². The third kappa shape index (κ3) is 4.94. The van der Waals surface area contributed by atoms with Crippen LogP contribution in [0.15, 0.2) is 46.8 Å². The summed E-state index contributed by atoms with van der Waals surface area (Å²) >= 11 is 1.77. The van der Waals surface area contributed by atoms with Crippen molar-refractivity contribution in [1.82, 2.24) is 10.6 Å². The number of benzene rings is 1. The van der Waals surface area contributed by atoms with Crippen molar-refractivity contribution in [3.63, 3.8) is 0 Å². The number of thiophene rings is 1. The maximum Gasteiger partial charge on any atom is 0.191 e. The van der Waals surface area contributed by atoms with Gasteiger partial charge < -0.3 is 10.6 Å². The van der Waals surface area contributed by atoms with Crippen molar-refractivity contribution < 1.29 is 0 Å². The fourth-order valence-corrected chi connectivity index (χ4v) is 3.74. The van der Waals surface area contributed by atoms with Gasteiger partial charge in [0.2, 0.25) is 0 Å². The lowest BCUT2D eigenvalue weighted by Gasteiger charge is -2.26. The molecular weight excluding hydrogens is 417 g/mol. The van der Waals surface area contributed by atoms with E-state index in [4.69, 9.17) is 0 Å². The topological polar surface area (TPSA) is 36.4 Å². The average molecular weight is 441 g/mol. The minimum Gasteiger partial charge on any atom is -0.356 e. The second-order valence-electron chi connectivity index (χ2n) is 5.67. The van der Waals surface area contributed by atoms with Crippen molar-refractivity contribution in [1.29, 1.82) is 0 Å². The Morgan fingerprint density at radius 2 is 2.09 bits per heavy atom. The van der Waals surface area contributed by atoms with E-state index in [1.165, 1.54) is 35.3 Å². The summed E-state index contributed by atoms with van der Waals surface area (Å²) < 4.78 is 0. The second kappa shape index (κ2) is 9.27. The lowest BCUT2D eigenvalue weighted by atomic mass is 9.83. The van der Waals surface area contributed by atoms with Gasteiger partial charge >= 0.3 is 0 Å². The molecule has 1 heterocycles. The maximum atomic E-state index is 4.33. The zero-order valence-electron chi connectivity index (χ0n) is 13.4. The van der Waals surface area contributed by atoms with E-state index in [0.29, 0.717) is 5.92 Å². The van der Waals surface area contributed by atoms with Crippen LogP contribution in [0.2, 0.25) is 0 Å². The molecule has 5 heteroatoms. The lowest BCUT2D eigenvalue weighted by Crippen LogP contribution is -2.39. The summed E-state index contributed by atoms with van der Waals surface area (Å²) in [5.74, 6) is 1.47. The number of aliphatic imine (C=N–C) groups is 1. The van der Waals surface area contributed by atoms with Crippen LogP contribution in [0.1, 0.15) is 34.8 Å². The summed E-state index contributed by atoms with van der Waals surface area (Å²) in [7, 11) is 1.83. The standard InChI is InChI=1S/C18H23N3S.HI/c1-19-18(21-13-16-9-5-11-22-16)20-12-15-8-4-7-14-6-2-3-10-17(14)15;/h2-3,5-6,9-11,15H,4,7-8,12-13H2,1H3,(H2,19,20,21);1H. The molecule has 2 N–H and O–H groups in total. The van der Waals surface area contributed by atoms with Crippen LogP contribution in [0.25, 0.3) is 0 Å². The highest BCUT2D eigenvalue weighted by atomic mass is 127. The van der Waals surface area contributed by atoms with E-state index in [0.717, 1.165) is 19.0 Å². The van der Waals surface area contributed by atoms with Gasteiger partial charge in [-0.1, -0.05) is 30.3 Å². The predicted molar refractivity (Wildman–Crippen MR) is 110 cm³/mol. The van der Waals surface area contributed by atoms with Gasteiger partial charge in [0.25, 0.3) is 0 Å². The molecule has 124 valence electrons. The molecule has 1 aliphatic rings. The Hall–Kier alpha value is -1.08. The number of aryl methyl sites for hydroxylation is 1. The van der Waals surface area contributed by atoms with E-state index >= 15 is 0 Å². The third-order valence-corrected chi connectivity index (χ3v) is 5.12. The minimum absolute atomic E-state index is 0. The number of guanidine groups is 1. The van der Waals surface area contributed by atoms with Crippen LogP contribution in [0.3, 0.4) is 0 Å². The first-order valence-corrected chi connectivity index (χ1v) is 8.79. The molecule has 0 radical (unpaired) electrons. The fraction of sp³-hybridized carbons (Fsp3) is 0.389. The molecule has 0 amide bonds. The van der Waals surface area contributed by atoms with E-state index in [1.807, 2.05) is 7.05 Å². The van der Waals surface area contributed by atoms with Gasteiger partial charge in [-0.25, -0.2) is 0 Å². The smallest absolute Gasteiger partial charge is 0.191 e. The van der Waals surface area contributed by atoms with Crippen LogP contribution < -0.4 is 10.6 Å². The Balaban J connectivity index is 0.00000192. The van der Waals surface area contributed by atoms with E-state index in [9.17, 15) is 0 Å². The van der Waals surface area contributed by atoms with Crippen molar-refractivity contribution in [3.05, 3.63) is 57.8 Å². The highest BCUT2D eigenvalue weighted by Gasteiger charge is 2.19. The van der Waals surface area contributed by atoms with Gasteiger partial charge in [-0.05, 0) is 41.8 Å². The zero-order valence-corrected chi connectivity index (χ0v) is 16.6. The molecule has 0 bridgehead atoms. The number of hydrogen-bond donors (Lipinski definition) is 2. The van der Waals surface area contributed by atoms with Crippen molar-refractivity contribution in [2.75, 3.05) is 13.6 Å². The molecule has 3 nitrogen and oxygen atoms in total. The molecule has 2 aromatic rings. The summed E-state index contributed by atoms with van der Waals surface area (Å²) in [4.78, 5) is 5.65. The van der Waals surface area contributed by atoms with Crippen LogP contribution in [0.5, 0.6) is 0 Å². The summed E-state index contributed by atoms with van der Waals surface area (Å²) in [5.41, 5.74) is 3.03. The first-order valence-electron chi connectivity index (χ1n) is 7.91. The zero-order chi connectivity index (χ0) is 15.2. The molecule has 23 heavy (non-hydrogen) atoms. The Labute approximate surface area is 159 Å². The Morgan fingerprint density at radius 3 is 2.87 bits per heavy atom. The molecule has 1 aliphatic carbocycles. The predicted octanol–water partition coefficient (Wildman–Crippen LogP) is 4.15. The molecule has 0 saturated heterocycles. The SMILES string of the molecule is CN=C(NCc1cccs1)NCC1CCCc2ccccc21.I. The number of rotatable bonds is 4. The monoisotopic (exact) mass is 441 g/mol. The highest BCUT2D eigenvalue weighted by Crippen LogP contribution is 2.30. The first kappa shape index (κ1) is 18.3. The normalized spacial score (nSPS) is 17.1. The fourth-order valence-electron chi connectivity index (χ4n) is 3.09. The van der Waals surface area contributed by atoms with E-state index in [1.54, 1.807) is 11.3 Å². The summed E-state index contributed by atoms with van der Waals surface area (Å²) in [6.45, 7) is 1.78. The van der Waals surface area contributed by atoms with Gasteiger partial charge in [0.15, 0.2) is 5.96 Å². The van der Waals surface area contributed by atoms with Gasteiger partial charge in [0.05, 0.1) is 6.54 Å². The van der Waals surface area contributed by atoms with Crippen LogP contribution >= 0.6 is 35.3 Å². The molecule has 1 aromatic carbocycles.